The van der Waals surface area contributed by atoms with Crippen LogP contribution in [-0.2, 0) is 16.0 Å². The number of halogens is 2. The van der Waals surface area contributed by atoms with Crippen LogP contribution in [0.3, 0.4) is 0 Å². The van der Waals surface area contributed by atoms with Crippen molar-refractivity contribution < 1.29 is 18.3 Å². The second-order valence-corrected chi connectivity index (χ2v) is 4.93. The number of carbonyl (C=O) groups is 1. The molecule has 2 atom stereocenters. The Morgan fingerprint density at radius 3 is 2.68 bits per heavy atom. The third-order valence-electron chi connectivity index (χ3n) is 3.14. The van der Waals surface area contributed by atoms with Gasteiger partial charge in [-0.2, -0.15) is 8.78 Å². The van der Waals surface area contributed by atoms with Crippen molar-refractivity contribution in [2.45, 2.75) is 37.8 Å². The molecule has 1 aromatic carbocycles. The first-order valence-electron chi connectivity index (χ1n) is 6.33. The first-order valence-corrected chi connectivity index (χ1v) is 6.33. The Labute approximate surface area is 111 Å². The van der Waals surface area contributed by atoms with Crippen LogP contribution in [0, 0.1) is 0 Å². The average molecular weight is 269 g/mol. The van der Waals surface area contributed by atoms with Crippen LogP contribution in [0.4, 0.5) is 8.78 Å². The molecule has 2 unspecified atom stereocenters. The largest absolute Gasteiger partial charge is 0.456 e. The molecule has 1 aliphatic rings. The van der Waals surface area contributed by atoms with Gasteiger partial charge in [0.2, 0.25) is 0 Å². The van der Waals surface area contributed by atoms with Crippen molar-refractivity contribution in [3.63, 3.8) is 0 Å². The summed E-state index contributed by atoms with van der Waals surface area (Å²) in [5.74, 6) is -4.73. The minimum Gasteiger partial charge on any atom is -0.456 e. The van der Waals surface area contributed by atoms with Crippen molar-refractivity contribution in [2.75, 3.05) is 6.54 Å². The van der Waals surface area contributed by atoms with E-state index in [9.17, 15) is 13.6 Å². The molecular weight excluding hydrogens is 252 g/mol. The number of hydrogen-bond donors (Lipinski definition) is 1. The lowest BCUT2D eigenvalue weighted by Gasteiger charge is -2.16. The van der Waals surface area contributed by atoms with Crippen molar-refractivity contribution in [1.82, 2.24) is 5.32 Å². The second-order valence-electron chi connectivity index (χ2n) is 4.93. The summed E-state index contributed by atoms with van der Waals surface area (Å²) in [6.45, 7) is 2.23. The fourth-order valence-corrected chi connectivity index (χ4v) is 2.13. The van der Waals surface area contributed by atoms with Gasteiger partial charge >= 0.3 is 11.9 Å². The van der Waals surface area contributed by atoms with E-state index in [4.69, 9.17) is 0 Å². The maximum Gasteiger partial charge on any atom is 0.377 e. The summed E-state index contributed by atoms with van der Waals surface area (Å²) in [4.78, 5) is 10.8. The minimum absolute atomic E-state index is 0.135. The van der Waals surface area contributed by atoms with Crippen molar-refractivity contribution in [2.24, 2.45) is 0 Å². The van der Waals surface area contributed by atoms with E-state index in [0.29, 0.717) is 0 Å². The number of alkyl halides is 2. The van der Waals surface area contributed by atoms with Gasteiger partial charge in [0, 0.05) is 12.6 Å². The van der Waals surface area contributed by atoms with E-state index < -0.39 is 24.4 Å². The molecule has 2 rings (SSSR count). The predicted octanol–water partition coefficient (Wildman–Crippen LogP) is 2.16. The fraction of sp³-hybridized carbons (Fsp3) is 0.500. The zero-order valence-corrected chi connectivity index (χ0v) is 10.7. The Kier molecular flexibility index (Phi) is 4.14. The van der Waals surface area contributed by atoms with Crippen LogP contribution in [0.5, 0.6) is 0 Å². The summed E-state index contributed by atoms with van der Waals surface area (Å²) in [7, 11) is 0. The van der Waals surface area contributed by atoms with Crippen LogP contribution in [0.25, 0.3) is 0 Å². The molecule has 0 amide bonds. The molecule has 1 N–H and O–H groups in total. The number of carbonyl (C=O) groups excluding carboxylic acids is 1. The Balaban J connectivity index is 1.76. The van der Waals surface area contributed by atoms with E-state index >= 15 is 0 Å². The highest BCUT2D eigenvalue weighted by molar-refractivity contribution is 5.79. The summed E-state index contributed by atoms with van der Waals surface area (Å²) in [6, 6.07) is 10.0. The molecule has 3 nitrogen and oxygen atoms in total. The lowest BCUT2D eigenvalue weighted by Crippen LogP contribution is -2.35. The maximum absolute atomic E-state index is 13.0. The smallest absolute Gasteiger partial charge is 0.377 e. The molecule has 1 aliphatic heterocycles. The molecule has 1 aromatic rings. The fourth-order valence-electron chi connectivity index (χ4n) is 2.13. The van der Waals surface area contributed by atoms with Crippen LogP contribution < -0.4 is 5.32 Å². The van der Waals surface area contributed by atoms with Crippen LogP contribution in [-0.4, -0.2) is 30.6 Å². The van der Waals surface area contributed by atoms with Crippen LogP contribution in [0.1, 0.15) is 18.9 Å². The molecule has 1 heterocycles. The molecule has 19 heavy (non-hydrogen) atoms. The molecular formula is C14H17F2NO2. The van der Waals surface area contributed by atoms with Gasteiger partial charge in [0.25, 0.3) is 0 Å². The van der Waals surface area contributed by atoms with Crippen molar-refractivity contribution in [3.05, 3.63) is 35.9 Å². The number of benzene rings is 1. The normalized spacial score (nSPS) is 23.1. The van der Waals surface area contributed by atoms with Gasteiger partial charge in [-0.15, -0.1) is 0 Å². The van der Waals surface area contributed by atoms with Gasteiger partial charge in [-0.05, 0) is 18.9 Å². The average Bonchev–Trinajstić information content (AvgIpc) is 2.62. The van der Waals surface area contributed by atoms with Crippen LogP contribution >= 0.6 is 0 Å². The van der Waals surface area contributed by atoms with E-state index in [-0.39, 0.29) is 12.6 Å². The maximum atomic E-state index is 13.0. The minimum atomic E-state index is -3.32. The van der Waals surface area contributed by atoms with Crippen molar-refractivity contribution in [3.8, 4) is 0 Å². The molecule has 5 heteroatoms. The quantitative estimate of drug-likeness (QED) is 0.832. The highest BCUT2D eigenvalue weighted by atomic mass is 19.3. The van der Waals surface area contributed by atoms with Gasteiger partial charge in [0.15, 0.2) is 0 Å². The SMILES string of the molecule is CC(Cc1ccccc1)NCC1CC(F)(F)C(=O)O1. The van der Waals surface area contributed by atoms with Gasteiger partial charge < -0.3 is 10.1 Å². The predicted molar refractivity (Wildman–Crippen MR) is 67.1 cm³/mol. The molecule has 1 saturated heterocycles. The Morgan fingerprint density at radius 1 is 1.42 bits per heavy atom. The number of nitrogens with one attached hydrogen (secondary N) is 1. The molecule has 0 radical (unpaired) electrons. The van der Waals surface area contributed by atoms with Crippen LogP contribution in [0.2, 0.25) is 0 Å². The van der Waals surface area contributed by atoms with E-state index in [1.54, 1.807) is 0 Å². The standard InChI is InChI=1S/C14H17F2NO2/c1-10(7-11-5-3-2-4-6-11)17-9-12-8-14(15,16)13(18)19-12/h2-6,10,12,17H,7-9H2,1H3. The Morgan fingerprint density at radius 2 is 2.11 bits per heavy atom. The third kappa shape index (κ3) is 3.73. The van der Waals surface area contributed by atoms with Crippen LogP contribution in [0.15, 0.2) is 30.3 Å². The van der Waals surface area contributed by atoms with Gasteiger partial charge in [-0.3, -0.25) is 0 Å². The molecule has 0 bridgehead atoms. The summed E-state index contributed by atoms with van der Waals surface area (Å²) in [5, 5.41) is 3.12. The number of hydrogen-bond acceptors (Lipinski definition) is 3. The lowest BCUT2D eigenvalue weighted by molar-refractivity contribution is -0.159. The van der Waals surface area contributed by atoms with Gasteiger partial charge in [-0.1, -0.05) is 30.3 Å². The zero-order valence-electron chi connectivity index (χ0n) is 10.7. The third-order valence-corrected chi connectivity index (χ3v) is 3.14. The highest BCUT2D eigenvalue weighted by Gasteiger charge is 2.50. The first-order chi connectivity index (χ1) is 8.97. The van der Waals surface area contributed by atoms with E-state index in [2.05, 4.69) is 10.1 Å². The summed E-state index contributed by atoms with van der Waals surface area (Å²) in [6.07, 6.45) is -0.463. The van der Waals surface area contributed by atoms with Crippen molar-refractivity contribution >= 4 is 5.97 Å². The molecule has 0 aliphatic carbocycles. The second kappa shape index (κ2) is 5.65. The number of ether oxygens (including phenoxy) is 1. The van der Waals surface area contributed by atoms with Crippen molar-refractivity contribution in [1.29, 1.82) is 0 Å². The molecule has 104 valence electrons. The van der Waals surface area contributed by atoms with Gasteiger partial charge in [0.05, 0.1) is 6.42 Å². The molecule has 0 aromatic heterocycles. The summed E-state index contributed by atoms with van der Waals surface area (Å²) in [5.41, 5.74) is 1.18. The molecule has 1 fully saturated rings. The molecule has 0 spiro atoms. The zero-order chi connectivity index (χ0) is 13.9. The lowest BCUT2D eigenvalue weighted by atomic mass is 10.1. The first kappa shape index (κ1) is 13.9. The monoisotopic (exact) mass is 269 g/mol. The van der Waals surface area contributed by atoms with Gasteiger partial charge in [-0.25, -0.2) is 4.79 Å². The number of rotatable bonds is 5. The Bertz CT molecular complexity index is 436. The van der Waals surface area contributed by atoms with E-state index in [0.717, 1.165) is 6.42 Å². The van der Waals surface area contributed by atoms with E-state index in [1.165, 1.54) is 5.56 Å². The number of esters is 1. The summed E-state index contributed by atoms with van der Waals surface area (Å²) < 4.78 is 30.5. The highest BCUT2D eigenvalue weighted by Crippen LogP contribution is 2.30. The summed E-state index contributed by atoms with van der Waals surface area (Å²) >= 11 is 0. The number of cyclic esters (lactones) is 1. The topological polar surface area (TPSA) is 38.3 Å². The van der Waals surface area contributed by atoms with Gasteiger partial charge in [0.1, 0.15) is 6.10 Å². The Hall–Kier alpha value is -1.49. The molecule has 0 saturated carbocycles. The van der Waals surface area contributed by atoms with E-state index in [1.807, 2.05) is 37.3 Å².